The molecule has 0 aromatic heterocycles. The summed E-state index contributed by atoms with van der Waals surface area (Å²) in [4.78, 5) is 3.22. The summed E-state index contributed by atoms with van der Waals surface area (Å²) >= 11 is 0. The van der Waals surface area contributed by atoms with Gasteiger partial charge in [-0.1, -0.05) is 34.9 Å². The number of hydrogen-bond acceptors (Lipinski definition) is 1. The summed E-state index contributed by atoms with van der Waals surface area (Å²) in [6.45, 7) is 30.1. The summed E-state index contributed by atoms with van der Waals surface area (Å²) in [6.07, 6.45) is 0. The molecule has 125 valence electrons. The quantitative estimate of drug-likeness (QED) is 0.275. The Morgan fingerprint density at radius 3 is 1.26 bits per heavy atom. The van der Waals surface area contributed by atoms with Crippen LogP contribution in [0.1, 0.15) is 0 Å². The van der Waals surface area contributed by atoms with Gasteiger partial charge in [0.15, 0.2) is 5.69 Å². The summed E-state index contributed by atoms with van der Waals surface area (Å²) < 4.78 is 32.1. The number of hydrogen-bond donors (Lipinski definition) is 0. The standard InChI is InChI=1S/C7H5N.C3H9P.C2H6OP.3CO.Mn/c1-8-7-5-3-2-4-6-7;2*1-4(2)3;3*1-2;/h2-6H;1-3H3;1-2H3;;;;/q;;+1;;;;. The Bertz CT molecular complexity index is 419. The molecule has 0 amide bonds. The van der Waals surface area contributed by atoms with Crippen LogP contribution in [0.4, 0.5) is 5.69 Å². The number of nitrogens with zero attached hydrogens (tertiary/aromatic N) is 1. The van der Waals surface area contributed by atoms with E-state index in [0.29, 0.717) is 13.6 Å². The minimum absolute atomic E-state index is 0. The molecule has 0 spiro atoms. The largest absolute Gasteiger partial charge is 0 e. The van der Waals surface area contributed by atoms with Crippen LogP contribution >= 0.6 is 15.7 Å². The van der Waals surface area contributed by atoms with Gasteiger partial charge in [-0.2, -0.15) is 0 Å². The Morgan fingerprint density at radius 2 is 1.13 bits per heavy atom. The van der Waals surface area contributed by atoms with Crippen LogP contribution in [0.3, 0.4) is 0 Å². The molecule has 1 aromatic carbocycles. The molecule has 0 bridgehead atoms. The molecule has 1 radical (unpaired) electrons. The minimum Gasteiger partial charge on any atom is 0 e. The van der Waals surface area contributed by atoms with Gasteiger partial charge in [0, 0.05) is 17.1 Å². The van der Waals surface area contributed by atoms with Crippen molar-refractivity contribution in [3.8, 4) is 0 Å². The van der Waals surface area contributed by atoms with E-state index in [9.17, 15) is 4.57 Å². The van der Waals surface area contributed by atoms with Crippen LogP contribution in [-0.2, 0) is 35.6 Å². The van der Waals surface area contributed by atoms with E-state index in [-0.39, 0.29) is 17.1 Å². The Labute approximate surface area is 152 Å². The zero-order valence-electron chi connectivity index (χ0n) is 13.7. The van der Waals surface area contributed by atoms with E-state index in [2.05, 4.69) is 44.8 Å². The molecule has 0 saturated carbocycles. The molecular weight excluding hydrogens is 375 g/mol. The monoisotopic (exact) mass is 395 g/mol. The van der Waals surface area contributed by atoms with Crippen LogP contribution in [0, 0.1) is 26.5 Å². The third-order valence-electron chi connectivity index (χ3n) is 0.885. The molecule has 1 aromatic rings. The number of para-hydroxylation sites is 1. The normalized spacial score (nSPS) is 5.70. The Balaban J connectivity index is -0.0000000422. The first-order valence-corrected chi connectivity index (χ1v) is 10.2. The van der Waals surface area contributed by atoms with E-state index in [1.54, 1.807) is 25.5 Å². The summed E-state index contributed by atoms with van der Waals surface area (Å²) in [5, 5.41) is 0. The third-order valence-corrected chi connectivity index (χ3v) is 0.885. The average molecular weight is 395 g/mol. The van der Waals surface area contributed by atoms with E-state index in [1.807, 2.05) is 18.2 Å². The topological polar surface area (TPSA) is 81.1 Å². The Kier molecular flexibility index (Phi) is 70.6. The van der Waals surface area contributed by atoms with Gasteiger partial charge in [0.05, 0.1) is 6.57 Å². The fraction of sp³-hybridized carbons (Fsp3) is 0.333. The van der Waals surface area contributed by atoms with Crippen LogP contribution in [0.5, 0.6) is 0 Å². The molecule has 0 saturated heterocycles. The van der Waals surface area contributed by atoms with Gasteiger partial charge in [0.2, 0.25) is 0 Å². The van der Waals surface area contributed by atoms with Crippen LogP contribution in [0.25, 0.3) is 4.85 Å². The van der Waals surface area contributed by atoms with Crippen LogP contribution in [-0.4, -0.2) is 33.3 Å². The van der Waals surface area contributed by atoms with Gasteiger partial charge in [0.25, 0.3) is 0 Å². The van der Waals surface area contributed by atoms with Crippen LogP contribution in [0.2, 0.25) is 0 Å². The first kappa shape index (κ1) is 37.9. The predicted octanol–water partition coefficient (Wildman–Crippen LogP) is 4.55. The van der Waals surface area contributed by atoms with Crippen LogP contribution < -0.4 is 0 Å². The molecular formula is C15H20MnNO4P2+. The van der Waals surface area contributed by atoms with Gasteiger partial charge in [-0.25, -0.2) is 4.85 Å². The molecule has 5 nitrogen and oxygen atoms in total. The fourth-order valence-electron chi connectivity index (χ4n) is 0.503. The Morgan fingerprint density at radius 1 is 0.913 bits per heavy atom. The summed E-state index contributed by atoms with van der Waals surface area (Å²) in [6, 6.07) is 9.18. The van der Waals surface area contributed by atoms with E-state index in [0.717, 1.165) is 0 Å². The Hall–Kier alpha value is -1.02. The fourth-order valence-corrected chi connectivity index (χ4v) is 0.503. The van der Waals surface area contributed by atoms with Gasteiger partial charge < -0.3 is 0 Å². The molecule has 0 aliphatic rings. The van der Waals surface area contributed by atoms with Crippen molar-refractivity contribution in [3.05, 3.63) is 61.7 Å². The molecule has 23 heavy (non-hydrogen) atoms. The smallest absolute Gasteiger partial charge is 0 e. The third kappa shape index (κ3) is 93.7. The molecule has 0 unspecified atom stereocenters. The zero-order chi connectivity index (χ0) is 19.0. The zero-order valence-corrected chi connectivity index (χ0v) is 16.7. The number of benzene rings is 1. The second-order valence-corrected chi connectivity index (χ2v) is 7.91. The van der Waals surface area contributed by atoms with E-state index in [4.69, 9.17) is 20.5 Å². The summed E-state index contributed by atoms with van der Waals surface area (Å²) in [7, 11) is -0.491. The van der Waals surface area contributed by atoms with E-state index < -0.39 is 7.80 Å². The van der Waals surface area contributed by atoms with Crippen molar-refractivity contribution in [2.75, 3.05) is 33.3 Å². The van der Waals surface area contributed by atoms with Gasteiger partial charge in [-0.3, -0.25) is 0 Å². The average Bonchev–Trinajstić information content (AvgIpc) is 2.53. The van der Waals surface area contributed by atoms with Crippen molar-refractivity contribution in [1.29, 1.82) is 0 Å². The first-order valence-electron chi connectivity index (χ1n) is 5.39. The number of rotatable bonds is 0. The van der Waals surface area contributed by atoms with E-state index >= 15 is 0 Å². The molecule has 0 atom stereocenters. The maximum Gasteiger partial charge on any atom is 0 e. The molecule has 0 N–H and O–H groups in total. The second-order valence-electron chi connectivity index (χ2n) is 3.60. The van der Waals surface area contributed by atoms with Crippen molar-refractivity contribution in [1.82, 2.24) is 0 Å². The molecule has 0 heterocycles. The molecule has 0 aliphatic carbocycles. The molecule has 8 heteroatoms. The molecule has 0 fully saturated rings. The molecule has 1 rings (SSSR count). The SMILES string of the molecule is CP(C)C.C[P+](C)=O.[C-]#[N+]c1ccccc1.[C-]#[O+].[C-]#[O+].[C-]#[O+].[Mn]. The minimum atomic E-state index is -0.870. The van der Waals surface area contributed by atoms with Crippen LogP contribution in [0.15, 0.2) is 30.3 Å². The summed E-state index contributed by atoms with van der Waals surface area (Å²) in [5.41, 5.74) is 0.701. The van der Waals surface area contributed by atoms with Crippen molar-refractivity contribution in [3.63, 3.8) is 0 Å². The van der Waals surface area contributed by atoms with Gasteiger partial charge in [-0.05, 0) is 20.0 Å². The maximum atomic E-state index is 9.59. The maximum absolute atomic E-state index is 9.59. The second kappa shape index (κ2) is 42.9. The van der Waals surface area contributed by atoms with Crippen molar-refractivity contribution >= 4 is 21.4 Å². The van der Waals surface area contributed by atoms with Gasteiger partial charge in [0.1, 0.15) is 13.3 Å². The summed E-state index contributed by atoms with van der Waals surface area (Å²) in [5.74, 6) is 0. The first-order chi connectivity index (χ1) is 10.4. The van der Waals surface area contributed by atoms with Crippen molar-refractivity contribution in [2.24, 2.45) is 0 Å². The van der Waals surface area contributed by atoms with Gasteiger partial charge in [-0.15, -0.1) is 7.92 Å². The van der Waals surface area contributed by atoms with E-state index in [1.165, 1.54) is 0 Å². The molecule has 0 aliphatic heterocycles. The van der Waals surface area contributed by atoms with Gasteiger partial charge >= 0.3 is 41.7 Å². The van der Waals surface area contributed by atoms with Crippen molar-refractivity contribution < 1.29 is 35.6 Å². The van der Waals surface area contributed by atoms with Crippen molar-refractivity contribution in [2.45, 2.75) is 0 Å². The predicted molar refractivity (Wildman–Crippen MR) is 88.6 cm³/mol.